The number of halogens is 1. The van der Waals surface area contributed by atoms with E-state index >= 15 is 0 Å². The van der Waals surface area contributed by atoms with E-state index in [-0.39, 0.29) is 0 Å². The summed E-state index contributed by atoms with van der Waals surface area (Å²) < 4.78 is 7.34. The van der Waals surface area contributed by atoms with Gasteiger partial charge in [0.05, 0.1) is 18.4 Å². The van der Waals surface area contributed by atoms with E-state index < -0.39 is 0 Å². The van der Waals surface area contributed by atoms with Crippen LogP contribution >= 0.6 is 11.6 Å². The van der Waals surface area contributed by atoms with Gasteiger partial charge in [-0.3, -0.25) is 4.40 Å². The molecule has 3 aromatic heterocycles. The first-order valence-corrected chi connectivity index (χ1v) is 9.57. The maximum absolute atomic E-state index is 8.84. The molecule has 30 heavy (non-hydrogen) atoms. The van der Waals surface area contributed by atoms with Crippen LogP contribution in [0.1, 0.15) is 5.56 Å². The predicted molar refractivity (Wildman–Crippen MR) is 116 cm³/mol. The van der Waals surface area contributed by atoms with Gasteiger partial charge >= 0.3 is 0 Å². The van der Waals surface area contributed by atoms with Crippen molar-refractivity contribution in [3.05, 3.63) is 65.6 Å². The molecule has 8 nitrogen and oxygen atoms in total. The number of anilines is 2. The van der Waals surface area contributed by atoms with Crippen LogP contribution in [-0.4, -0.2) is 39.6 Å². The van der Waals surface area contributed by atoms with Gasteiger partial charge in [-0.15, -0.1) is 0 Å². The first-order valence-electron chi connectivity index (χ1n) is 9.20. The monoisotopic (exact) mass is 419 g/mol. The van der Waals surface area contributed by atoms with Crippen molar-refractivity contribution in [3.63, 3.8) is 0 Å². The molecule has 0 saturated carbocycles. The van der Waals surface area contributed by atoms with Crippen LogP contribution in [-0.2, 0) is 0 Å². The number of hydrogen-bond donors (Lipinski definition) is 2. The molecule has 4 aromatic rings. The SMILES string of the molecule is COc1ccc(Cl)cc1-c1cc2nccn2c(NCCNc2ccc(C#N)cn2)n1. The molecule has 0 atom stereocenters. The van der Waals surface area contributed by atoms with Crippen LogP contribution in [0, 0.1) is 11.3 Å². The van der Waals surface area contributed by atoms with Crippen molar-refractivity contribution in [3.8, 4) is 23.1 Å². The molecular formula is C21H18ClN7O. The second-order valence-corrected chi connectivity index (χ2v) is 6.80. The third kappa shape index (κ3) is 4.11. The Morgan fingerprint density at radius 1 is 1.13 bits per heavy atom. The fraction of sp³-hybridized carbons (Fsp3) is 0.143. The zero-order valence-corrected chi connectivity index (χ0v) is 16.9. The van der Waals surface area contributed by atoms with E-state index in [1.165, 1.54) is 6.20 Å². The third-order valence-corrected chi connectivity index (χ3v) is 4.67. The van der Waals surface area contributed by atoms with Crippen molar-refractivity contribution >= 4 is 29.0 Å². The van der Waals surface area contributed by atoms with E-state index in [9.17, 15) is 0 Å². The first kappa shape index (κ1) is 19.5. The van der Waals surface area contributed by atoms with Crippen LogP contribution in [0.15, 0.2) is 55.0 Å². The Morgan fingerprint density at radius 2 is 2.00 bits per heavy atom. The fourth-order valence-electron chi connectivity index (χ4n) is 3.00. The number of ether oxygens (including phenoxy) is 1. The van der Waals surface area contributed by atoms with Gasteiger partial charge in [0.25, 0.3) is 0 Å². The highest BCUT2D eigenvalue weighted by molar-refractivity contribution is 6.31. The second kappa shape index (κ2) is 8.68. The molecule has 0 unspecified atom stereocenters. The van der Waals surface area contributed by atoms with Crippen LogP contribution in [0.5, 0.6) is 5.75 Å². The Kier molecular flexibility index (Phi) is 5.63. The van der Waals surface area contributed by atoms with Gasteiger partial charge in [0.1, 0.15) is 23.3 Å². The van der Waals surface area contributed by atoms with Gasteiger partial charge in [-0.2, -0.15) is 5.26 Å². The fourth-order valence-corrected chi connectivity index (χ4v) is 3.17. The number of imidazole rings is 1. The number of rotatable bonds is 7. The molecule has 0 spiro atoms. The molecule has 0 bridgehead atoms. The molecule has 150 valence electrons. The maximum Gasteiger partial charge on any atom is 0.209 e. The normalized spacial score (nSPS) is 10.6. The summed E-state index contributed by atoms with van der Waals surface area (Å²) in [6, 6.07) is 12.9. The van der Waals surface area contributed by atoms with Gasteiger partial charge in [0.2, 0.25) is 5.95 Å². The summed E-state index contributed by atoms with van der Waals surface area (Å²) in [5.41, 5.74) is 2.78. The maximum atomic E-state index is 8.84. The van der Waals surface area contributed by atoms with Crippen LogP contribution in [0.2, 0.25) is 5.02 Å². The van der Waals surface area contributed by atoms with Crippen LogP contribution in [0.4, 0.5) is 11.8 Å². The van der Waals surface area contributed by atoms with Gasteiger partial charge in [0.15, 0.2) is 0 Å². The summed E-state index contributed by atoms with van der Waals surface area (Å²) in [6.07, 6.45) is 5.10. The summed E-state index contributed by atoms with van der Waals surface area (Å²) >= 11 is 6.19. The minimum absolute atomic E-state index is 0.527. The molecule has 0 aliphatic heterocycles. The number of nitrogens with one attached hydrogen (secondary N) is 2. The largest absolute Gasteiger partial charge is 0.496 e. The summed E-state index contributed by atoms with van der Waals surface area (Å²) in [4.78, 5) is 13.3. The van der Waals surface area contributed by atoms with Crippen LogP contribution in [0.3, 0.4) is 0 Å². The van der Waals surface area contributed by atoms with Crippen molar-refractivity contribution in [1.29, 1.82) is 5.26 Å². The molecule has 1 aromatic carbocycles. The number of benzene rings is 1. The highest BCUT2D eigenvalue weighted by atomic mass is 35.5. The molecular weight excluding hydrogens is 402 g/mol. The first-order chi connectivity index (χ1) is 14.7. The number of nitrogens with zero attached hydrogens (tertiary/aromatic N) is 5. The number of methoxy groups -OCH3 is 1. The average molecular weight is 420 g/mol. The Labute approximate surface area is 178 Å². The molecule has 0 radical (unpaired) electrons. The summed E-state index contributed by atoms with van der Waals surface area (Å²) in [6.45, 7) is 1.21. The number of fused-ring (bicyclic) bond motifs is 1. The molecule has 0 saturated heterocycles. The lowest BCUT2D eigenvalue weighted by atomic mass is 10.1. The van der Waals surface area contributed by atoms with Gasteiger partial charge in [-0.25, -0.2) is 15.0 Å². The second-order valence-electron chi connectivity index (χ2n) is 6.36. The van der Waals surface area contributed by atoms with Crippen molar-refractivity contribution in [2.24, 2.45) is 0 Å². The van der Waals surface area contributed by atoms with Crippen molar-refractivity contribution < 1.29 is 4.74 Å². The molecule has 0 amide bonds. The highest BCUT2D eigenvalue weighted by Gasteiger charge is 2.13. The molecule has 0 aliphatic carbocycles. The predicted octanol–water partition coefficient (Wildman–Crippen LogP) is 3.85. The molecule has 2 N–H and O–H groups in total. The molecule has 9 heteroatoms. The van der Waals surface area contributed by atoms with Crippen molar-refractivity contribution in [2.75, 3.05) is 30.8 Å². The number of pyridine rings is 1. The van der Waals surface area contributed by atoms with E-state index in [1.54, 1.807) is 31.5 Å². The Balaban J connectivity index is 1.53. The Bertz CT molecular complexity index is 1210. The number of aromatic nitrogens is 4. The number of nitriles is 1. The lowest BCUT2D eigenvalue weighted by Crippen LogP contribution is -2.17. The average Bonchev–Trinajstić information content (AvgIpc) is 3.26. The standard InChI is InChI=1S/C21H18ClN7O/c1-30-18-4-3-15(22)10-16(18)17-11-20-25-8-9-29(20)21(28-17)26-7-6-24-19-5-2-14(12-23)13-27-19/h2-5,8-11,13H,6-7H2,1H3,(H,24,27)(H,26,28). The number of hydrogen-bond acceptors (Lipinski definition) is 7. The van der Waals surface area contributed by atoms with E-state index in [1.807, 2.05) is 28.8 Å². The van der Waals surface area contributed by atoms with E-state index in [0.29, 0.717) is 46.9 Å². The van der Waals surface area contributed by atoms with Crippen molar-refractivity contribution in [2.45, 2.75) is 0 Å². The smallest absolute Gasteiger partial charge is 0.209 e. The van der Waals surface area contributed by atoms with Gasteiger partial charge in [0, 0.05) is 48.3 Å². The van der Waals surface area contributed by atoms with Crippen LogP contribution < -0.4 is 15.4 Å². The zero-order valence-electron chi connectivity index (χ0n) is 16.1. The summed E-state index contributed by atoms with van der Waals surface area (Å²) in [7, 11) is 1.61. The van der Waals surface area contributed by atoms with Crippen molar-refractivity contribution in [1.82, 2.24) is 19.4 Å². The quantitative estimate of drug-likeness (QED) is 0.439. The van der Waals surface area contributed by atoms with Gasteiger partial charge in [-0.05, 0) is 30.3 Å². The molecule has 0 aliphatic rings. The van der Waals surface area contributed by atoms with E-state index in [0.717, 1.165) is 11.2 Å². The minimum Gasteiger partial charge on any atom is -0.496 e. The molecule has 4 rings (SSSR count). The summed E-state index contributed by atoms with van der Waals surface area (Å²) in [5, 5.41) is 16.0. The zero-order chi connectivity index (χ0) is 20.9. The van der Waals surface area contributed by atoms with Gasteiger partial charge in [-0.1, -0.05) is 11.6 Å². The van der Waals surface area contributed by atoms with Crippen LogP contribution in [0.25, 0.3) is 16.9 Å². The summed E-state index contributed by atoms with van der Waals surface area (Å²) in [5.74, 6) is 2.04. The molecule has 0 fully saturated rings. The highest BCUT2D eigenvalue weighted by Crippen LogP contribution is 2.32. The van der Waals surface area contributed by atoms with E-state index in [2.05, 4.69) is 26.7 Å². The molecule has 3 heterocycles. The Hall–Kier alpha value is -3.83. The lowest BCUT2D eigenvalue weighted by molar-refractivity contribution is 0.416. The lowest BCUT2D eigenvalue weighted by Gasteiger charge is -2.13. The topological polar surface area (TPSA) is 100 Å². The van der Waals surface area contributed by atoms with E-state index in [4.69, 9.17) is 26.6 Å². The minimum atomic E-state index is 0.527. The van der Waals surface area contributed by atoms with Gasteiger partial charge < -0.3 is 15.4 Å². The Morgan fingerprint density at radius 3 is 2.77 bits per heavy atom. The third-order valence-electron chi connectivity index (χ3n) is 4.43.